The Bertz CT molecular complexity index is 1150. The van der Waals surface area contributed by atoms with Gasteiger partial charge in [0.1, 0.15) is 5.82 Å². The van der Waals surface area contributed by atoms with Gasteiger partial charge in [-0.2, -0.15) is 0 Å². The lowest BCUT2D eigenvalue weighted by Gasteiger charge is -2.12. The second-order valence-electron chi connectivity index (χ2n) is 6.62. The standard InChI is InChI=1S/C23H18BrFN2O4/c1-14-5-4-6-15(11-14)22(29)27-19-8-3-2-7-17(19)23(30)31-13-21(28)26-20-10-9-16(24)12-18(20)25/h2-12H,13H2,1H3,(H,26,28)(H,27,29). The summed E-state index contributed by atoms with van der Waals surface area (Å²) in [6.07, 6.45) is 0. The molecule has 0 saturated heterocycles. The molecule has 3 aromatic rings. The zero-order valence-electron chi connectivity index (χ0n) is 16.4. The maximum Gasteiger partial charge on any atom is 0.340 e. The molecule has 31 heavy (non-hydrogen) atoms. The lowest BCUT2D eigenvalue weighted by molar-refractivity contribution is -0.119. The Morgan fingerprint density at radius 1 is 0.935 bits per heavy atom. The highest BCUT2D eigenvalue weighted by atomic mass is 79.9. The number of anilines is 2. The Morgan fingerprint density at radius 3 is 2.45 bits per heavy atom. The van der Waals surface area contributed by atoms with Gasteiger partial charge in [0.2, 0.25) is 0 Å². The van der Waals surface area contributed by atoms with E-state index in [1.54, 1.807) is 42.5 Å². The van der Waals surface area contributed by atoms with Gasteiger partial charge < -0.3 is 15.4 Å². The van der Waals surface area contributed by atoms with Crippen LogP contribution in [0.2, 0.25) is 0 Å². The molecular weight excluding hydrogens is 467 g/mol. The van der Waals surface area contributed by atoms with Crippen LogP contribution in [0.25, 0.3) is 0 Å². The van der Waals surface area contributed by atoms with Crippen molar-refractivity contribution in [1.29, 1.82) is 0 Å². The molecule has 158 valence electrons. The van der Waals surface area contributed by atoms with Gasteiger partial charge in [-0.3, -0.25) is 9.59 Å². The van der Waals surface area contributed by atoms with Crippen molar-refractivity contribution in [3.63, 3.8) is 0 Å². The number of nitrogens with one attached hydrogen (secondary N) is 2. The second kappa shape index (κ2) is 9.99. The third kappa shape index (κ3) is 5.99. The van der Waals surface area contributed by atoms with E-state index in [9.17, 15) is 18.8 Å². The van der Waals surface area contributed by atoms with E-state index in [1.165, 1.54) is 18.2 Å². The van der Waals surface area contributed by atoms with Gasteiger partial charge in [-0.05, 0) is 49.4 Å². The number of esters is 1. The van der Waals surface area contributed by atoms with Crippen molar-refractivity contribution in [2.75, 3.05) is 17.2 Å². The van der Waals surface area contributed by atoms with Gasteiger partial charge in [0.15, 0.2) is 6.61 Å². The molecule has 2 N–H and O–H groups in total. The normalized spacial score (nSPS) is 10.3. The highest BCUT2D eigenvalue weighted by Gasteiger charge is 2.17. The lowest BCUT2D eigenvalue weighted by atomic mass is 10.1. The number of aryl methyl sites for hydroxylation is 1. The predicted octanol–water partition coefficient (Wildman–Crippen LogP) is 4.94. The first-order valence-electron chi connectivity index (χ1n) is 9.22. The van der Waals surface area contributed by atoms with Crippen LogP contribution in [-0.2, 0) is 9.53 Å². The van der Waals surface area contributed by atoms with Gasteiger partial charge in [0.25, 0.3) is 11.8 Å². The summed E-state index contributed by atoms with van der Waals surface area (Å²) in [7, 11) is 0. The van der Waals surface area contributed by atoms with E-state index < -0.39 is 24.3 Å². The monoisotopic (exact) mass is 484 g/mol. The number of ether oxygens (including phenoxy) is 1. The Balaban J connectivity index is 1.64. The Labute approximate surface area is 186 Å². The lowest BCUT2D eigenvalue weighted by Crippen LogP contribution is -2.22. The summed E-state index contributed by atoms with van der Waals surface area (Å²) in [6.45, 7) is 1.25. The van der Waals surface area contributed by atoms with Crippen molar-refractivity contribution < 1.29 is 23.5 Å². The van der Waals surface area contributed by atoms with Crippen LogP contribution in [0.1, 0.15) is 26.3 Å². The Kier molecular flexibility index (Phi) is 7.15. The molecule has 0 atom stereocenters. The van der Waals surface area contributed by atoms with E-state index >= 15 is 0 Å². The summed E-state index contributed by atoms with van der Waals surface area (Å²) in [6, 6.07) is 17.5. The molecule has 0 fully saturated rings. The first kappa shape index (κ1) is 22.2. The van der Waals surface area contributed by atoms with E-state index in [0.29, 0.717) is 10.0 Å². The summed E-state index contributed by atoms with van der Waals surface area (Å²) >= 11 is 3.13. The molecule has 0 heterocycles. The molecule has 0 aliphatic heterocycles. The molecule has 3 rings (SSSR count). The minimum atomic E-state index is -0.799. The van der Waals surface area contributed by atoms with E-state index in [4.69, 9.17) is 4.74 Å². The average molecular weight is 485 g/mol. The molecule has 0 aliphatic carbocycles. The molecule has 0 bridgehead atoms. The van der Waals surface area contributed by atoms with Crippen LogP contribution in [0, 0.1) is 12.7 Å². The zero-order valence-corrected chi connectivity index (χ0v) is 18.0. The topological polar surface area (TPSA) is 84.5 Å². The highest BCUT2D eigenvalue weighted by molar-refractivity contribution is 9.10. The van der Waals surface area contributed by atoms with Crippen molar-refractivity contribution in [3.05, 3.63) is 93.7 Å². The smallest absolute Gasteiger partial charge is 0.340 e. The fourth-order valence-corrected chi connectivity index (χ4v) is 3.07. The molecule has 0 radical (unpaired) electrons. The van der Waals surface area contributed by atoms with Gasteiger partial charge in [0, 0.05) is 10.0 Å². The van der Waals surface area contributed by atoms with Gasteiger partial charge in [-0.15, -0.1) is 0 Å². The van der Waals surface area contributed by atoms with Gasteiger partial charge >= 0.3 is 5.97 Å². The minimum Gasteiger partial charge on any atom is -0.452 e. The number of amides is 2. The van der Waals surface area contributed by atoms with Crippen LogP contribution >= 0.6 is 15.9 Å². The third-order valence-electron chi connectivity index (χ3n) is 4.22. The summed E-state index contributed by atoms with van der Waals surface area (Å²) < 4.78 is 19.4. The highest BCUT2D eigenvalue weighted by Crippen LogP contribution is 2.20. The molecule has 6 nitrogen and oxygen atoms in total. The number of hydrogen-bond acceptors (Lipinski definition) is 4. The van der Waals surface area contributed by atoms with Gasteiger partial charge in [-0.1, -0.05) is 45.8 Å². The molecule has 2 amide bonds. The Morgan fingerprint density at radius 2 is 1.71 bits per heavy atom. The minimum absolute atomic E-state index is 0.0323. The first-order valence-corrected chi connectivity index (χ1v) is 10.0. The first-order chi connectivity index (χ1) is 14.8. The quantitative estimate of drug-likeness (QED) is 0.485. The molecular formula is C23H18BrFN2O4. The summed E-state index contributed by atoms with van der Waals surface area (Å²) in [5.41, 5.74) is 1.67. The SMILES string of the molecule is Cc1cccc(C(=O)Nc2ccccc2C(=O)OCC(=O)Nc2ccc(Br)cc2F)c1. The summed E-state index contributed by atoms with van der Waals surface area (Å²) in [4.78, 5) is 37.0. The predicted molar refractivity (Wildman–Crippen MR) is 119 cm³/mol. The number of halogens is 2. The van der Waals surface area contributed by atoms with Gasteiger partial charge in [0.05, 0.1) is 16.9 Å². The molecule has 0 unspecified atom stereocenters. The number of carbonyl (C=O) groups is 3. The molecule has 0 aromatic heterocycles. The van der Waals surface area contributed by atoms with E-state index in [0.717, 1.165) is 5.56 Å². The van der Waals surface area contributed by atoms with E-state index in [-0.39, 0.29) is 22.8 Å². The average Bonchev–Trinajstić information content (AvgIpc) is 2.74. The molecule has 0 aliphatic rings. The fourth-order valence-electron chi connectivity index (χ4n) is 2.74. The Hall–Kier alpha value is -3.52. The van der Waals surface area contributed by atoms with Crippen molar-refractivity contribution >= 4 is 45.1 Å². The summed E-state index contributed by atoms with van der Waals surface area (Å²) in [5.74, 6) is -2.51. The van der Waals surface area contributed by atoms with Crippen LogP contribution in [0.3, 0.4) is 0 Å². The van der Waals surface area contributed by atoms with E-state index in [2.05, 4.69) is 26.6 Å². The van der Waals surface area contributed by atoms with Crippen molar-refractivity contribution in [2.45, 2.75) is 6.92 Å². The number of para-hydroxylation sites is 1. The number of rotatable bonds is 6. The van der Waals surface area contributed by atoms with Crippen LogP contribution in [0.15, 0.2) is 71.2 Å². The number of hydrogen-bond donors (Lipinski definition) is 2. The third-order valence-corrected chi connectivity index (χ3v) is 4.71. The summed E-state index contributed by atoms with van der Waals surface area (Å²) in [5, 5.41) is 5.02. The molecule has 8 heteroatoms. The van der Waals surface area contributed by atoms with Crippen molar-refractivity contribution in [2.24, 2.45) is 0 Å². The molecule has 3 aromatic carbocycles. The van der Waals surface area contributed by atoms with Crippen LogP contribution in [0.4, 0.5) is 15.8 Å². The number of carbonyl (C=O) groups excluding carboxylic acids is 3. The fraction of sp³-hybridized carbons (Fsp3) is 0.0870. The maximum absolute atomic E-state index is 13.8. The van der Waals surface area contributed by atoms with Crippen molar-refractivity contribution in [1.82, 2.24) is 0 Å². The largest absolute Gasteiger partial charge is 0.452 e. The zero-order chi connectivity index (χ0) is 22.4. The molecule has 0 spiro atoms. The van der Waals surface area contributed by atoms with E-state index in [1.807, 2.05) is 13.0 Å². The maximum atomic E-state index is 13.8. The van der Waals surface area contributed by atoms with Crippen LogP contribution in [-0.4, -0.2) is 24.4 Å². The van der Waals surface area contributed by atoms with Crippen LogP contribution < -0.4 is 10.6 Å². The van der Waals surface area contributed by atoms with Crippen molar-refractivity contribution in [3.8, 4) is 0 Å². The second-order valence-corrected chi connectivity index (χ2v) is 7.53. The number of benzene rings is 3. The molecule has 0 saturated carbocycles. The van der Waals surface area contributed by atoms with Crippen LogP contribution in [0.5, 0.6) is 0 Å². The van der Waals surface area contributed by atoms with Gasteiger partial charge in [-0.25, -0.2) is 9.18 Å².